The molecule has 5 heteroatoms. The van der Waals surface area contributed by atoms with Crippen LogP contribution in [0.5, 0.6) is 0 Å². The van der Waals surface area contributed by atoms with Crippen LogP contribution < -0.4 is 16.6 Å². The smallest absolute Gasteiger partial charge is 0.239 e. The number of nitrogens with zero attached hydrogens (tertiary/aromatic N) is 2. The summed E-state index contributed by atoms with van der Waals surface area (Å²) in [6.45, 7) is 1.91. The predicted octanol–water partition coefficient (Wildman–Crippen LogP) is 2.30. The van der Waals surface area contributed by atoms with Gasteiger partial charge in [0.2, 0.25) is 5.95 Å². The zero-order chi connectivity index (χ0) is 13.2. The maximum absolute atomic E-state index is 5.35. The molecule has 5 nitrogen and oxygen atoms in total. The zero-order valence-electron chi connectivity index (χ0n) is 10.9. The van der Waals surface area contributed by atoms with Crippen LogP contribution in [0.2, 0.25) is 0 Å². The van der Waals surface area contributed by atoms with Crippen molar-refractivity contribution in [1.29, 1.82) is 0 Å². The minimum atomic E-state index is 0.420. The van der Waals surface area contributed by atoms with Crippen LogP contribution in [0.25, 0.3) is 0 Å². The molecule has 3 rings (SSSR count). The van der Waals surface area contributed by atoms with Gasteiger partial charge in [-0.1, -0.05) is 6.07 Å². The Bertz CT molecular complexity index is 609. The Labute approximate surface area is 112 Å². The molecule has 1 aliphatic carbocycles. The molecule has 0 amide bonds. The molecule has 19 heavy (non-hydrogen) atoms. The normalized spacial score (nSPS) is 13.2. The molecule has 0 aliphatic heterocycles. The molecule has 0 saturated carbocycles. The van der Waals surface area contributed by atoms with E-state index in [2.05, 4.69) is 38.9 Å². The van der Waals surface area contributed by atoms with E-state index < -0.39 is 0 Å². The summed E-state index contributed by atoms with van der Waals surface area (Å²) in [7, 11) is 0. The van der Waals surface area contributed by atoms with E-state index in [-0.39, 0.29) is 0 Å². The van der Waals surface area contributed by atoms with Gasteiger partial charge in [0.25, 0.3) is 0 Å². The lowest BCUT2D eigenvalue weighted by molar-refractivity contribution is 0.912. The monoisotopic (exact) mass is 255 g/mol. The van der Waals surface area contributed by atoms with Gasteiger partial charge in [0.05, 0.1) is 0 Å². The molecule has 0 saturated heterocycles. The third kappa shape index (κ3) is 2.51. The lowest BCUT2D eigenvalue weighted by Crippen LogP contribution is -2.11. The van der Waals surface area contributed by atoms with Crippen LogP contribution in [0.3, 0.4) is 0 Å². The van der Waals surface area contributed by atoms with Gasteiger partial charge in [0, 0.05) is 17.4 Å². The van der Waals surface area contributed by atoms with E-state index in [1.165, 1.54) is 30.4 Å². The SMILES string of the molecule is Cc1cc(Nc2ccc3c(c2)CCC3)nc(NN)n1. The number of aryl methyl sites for hydroxylation is 3. The number of hydrazine groups is 1. The minimum Gasteiger partial charge on any atom is -0.340 e. The van der Waals surface area contributed by atoms with Gasteiger partial charge in [-0.05, 0) is 49.4 Å². The quantitative estimate of drug-likeness (QED) is 0.579. The van der Waals surface area contributed by atoms with Gasteiger partial charge < -0.3 is 5.32 Å². The summed E-state index contributed by atoms with van der Waals surface area (Å²) in [5.41, 5.74) is 7.30. The maximum Gasteiger partial charge on any atom is 0.239 e. The summed E-state index contributed by atoms with van der Waals surface area (Å²) in [5.74, 6) is 6.52. The molecule has 0 unspecified atom stereocenters. The molecule has 98 valence electrons. The third-order valence-corrected chi connectivity index (χ3v) is 3.35. The van der Waals surface area contributed by atoms with Crippen molar-refractivity contribution in [2.24, 2.45) is 5.84 Å². The number of hydrogen-bond acceptors (Lipinski definition) is 5. The summed E-state index contributed by atoms with van der Waals surface area (Å²) in [6.07, 6.45) is 3.62. The van der Waals surface area contributed by atoms with Crippen LogP contribution in [-0.2, 0) is 12.8 Å². The van der Waals surface area contributed by atoms with Crippen molar-refractivity contribution in [2.45, 2.75) is 26.2 Å². The van der Waals surface area contributed by atoms with Crippen molar-refractivity contribution < 1.29 is 0 Å². The van der Waals surface area contributed by atoms with Gasteiger partial charge in [0.1, 0.15) is 5.82 Å². The van der Waals surface area contributed by atoms with E-state index in [9.17, 15) is 0 Å². The zero-order valence-corrected chi connectivity index (χ0v) is 10.9. The number of anilines is 3. The lowest BCUT2D eigenvalue weighted by Gasteiger charge is -2.09. The number of fused-ring (bicyclic) bond motifs is 1. The van der Waals surface area contributed by atoms with Crippen LogP contribution >= 0.6 is 0 Å². The molecular formula is C14H17N5. The van der Waals surface area contributed by atoms with E-state index in [0.717, 1.165) is 17.2 Å². The first-order chi connectivity index (χ1) is 9.24. The first-order valence-corrected chi connectivity index (χ1v) is 6.46. The Kier molecular flexibility index (Phi) is 3.05. The number of nitrogen functional groups attached to an aromatic ring is 1. The van der Waals surface area contributed by atoms with Crippen molar-refractivity contribution in [2.75, 3.05) is 10.7 Å². The highest BCUT2D eigenvalue weighted by Crippen LogP contribution is 2.26. The molecule has 2 aromatic rings. The van der Waals surface area contributed by atoms with Crippen molar-refractivity contribution in [3.63, 3.8) is 0 Å². The number of benzene rings is 1. The summed E-state index contributed by atoms with van der Waals surface area (Å²) < 4.78 is 0. The predicted molar refractivity (Wildman–Crippen MR) is 76.3 cm³/mol. The fourth-order valence-corrected chi connectivity index (χ4v) is 2.49. The average molecular weight is 255 g/mol. The largest absolute Gasteiger partial charge is 0.340 e. The molecule has 0 spiro atoms. The fourth-order valence-electron chi connectivity index (χ4n) is 2.49. The molecule has 0 fully saturated rings. The van der Waals surface area contributed by atoms with Crippen molar-refractivity contribution >= 4 is 17.5 Å². The maximum atomic E-state index is 5.35. The topological polar surface area (TPSA) is 75.9 Å². The standard InChI is InChI=1S/C14H17N5/c1-9-7-13(18-14(16-9)19-15)17-12-6-5-10-3-2-4-11(10)8-12/h5-8H,2-4,15H2,1H3,(H2,16,17,18,19). The summed E-state index contributed by atoms with van der Waals surface area (Å²) >= 11 is 0. The Morgan fingerprint density at radius 1 is 1.11 bits per heavy atom. The first-order valence-electron chi connectivity index (χ1n) is 6.46. The van der Waals surface area contributed by atoms with Crippen LogP contribution in [0.1, 0.15) is 23.2 Å². The van der Waals surface area contributed by atoms with E-state index in [4.69, 9.17) is 5.84 Å². The van der Waals surface area contributed by atoms with Crippen LogP contribution in [0, 0.1) is 6.92 Å². The molecule has 1 heterocycles. The van der Waals surface area contributed by atoms with E-state index >= 15 is 0 Å². The van der Waals surface area contributed by atoms with E-state index in [1.807, 2.05) is 13.0 Å². The molecule has 1 aromatic heterocycles. The summed E-state index contributed by atoms with van der Waals surface area (Å²) in [4.78, 5) is 8.45. The van der Waals surface area contributed by atoms with Crippen molar-refractivity contribution in [1.82, 2.24) is 9.97 Å². The average Bonchev–Trinajstić information content (AvgIpc) is 2.85. The summed E-state index contributed by atoms with van der Waals surface area (Å²) in [5, 5.41) is 3.30. The fraction of sp³-hybridized carbons (Fsp3) is 0.286. The number of nitrogens with two attached hydrogens (primary N) is 1. The summed E-state index contributed by atoms with van der Waals surface area (Å²) in [6, 6.07) is 8.39. The molecule has 1 aliphatic rings. The molecule has 0 bridgehead atoms. The Hall–Kier alpha value is -2.14. The Morgan fingerprint density at radius 3 is 2.79 bits per heavy atom. The number of hydrogen-bond donors (Lipinski definition) is 3. The lowest BCUT2D eigenvalue weighted by atomic mass is 10.1. The molecule has 1 aromatic carbocycles. The second kappa shape index (κ2) is 4.85. The highest BCUT2D eigenvalue weighted by molar-refractivity contribution is 5.59. The van der Waals surface area contributed by atoms with Crippen LogP contribution in [0.4, 0.5) is 17.5 Å². The van der Waals surface area contributed by atoms with Crippen LogP contribution in [0.15, 0.2) is 24.3 Å². The van der Waals surface area contributed by atoms with Gasteiger partial charge >= 0.3 is 0 Å². The number of aromatic nitrogens is 2. The molecule has 4 N–H and O–H groups in total. The highest BCUT2D eigenvalue weighted by atomic mass is 15.3. The van der Waals surface area contributed by atoms with Gasteiger partial charge in [-0.25, -0.2) is 10.8 Å². The van der Waals surface area contributed by atoms with Crippen molar-refractivity contribution in [3.8, 4) is 0 Å². The second-order valence-electron chi connectivity index (χ2n) is 4.82. The minimum absolute atomic E-state index is 0.420. The highest BCUT2D eigenvalue weighted by Gasteiger charge is 2.11. The van der Waals surface area contributed by atoms with E-state index in [0.29, 0.717) is 5.95 Å². The van der Waals surface area contributed by atoms with Gasteiger partial charge in [-0.3, -0.25) is 5.43 Å². The first kappa shape index (κ1) is 11.9. The third-order valence-electron chi connectivity index (χ3n) is 3.35. The molecule has 0 radical (unpaired) electrons. The van der Waals surface area contributed by atoms with Gasteiger partial charge in [0.15, 0.2) is 0 Å². The van der Waals surface area contributed by atoms with Crippen molar-refractivity contribution in [3.05, 3.63) is 41.1 Å². The molecule has 0 atom stereocenters. The molecular weight excluding hydrogens is 238 g/mol. The number of nitrogens with one attached hydrogen (secondary N) is 2. The Morgan fingerprint density at radius 2 is 1.95 bits per heavy atom. The second-order valence-corrected chi connectivity index (χ2v) is 4.82. The van der Waals surface area contributed by atoms with Gasteiger partial charge in [-0.2, -0.15) is 4.98 Å². The van der Waals surface area contributed by atoms with Gasteiger partial charge in [-0.15, -0.1) is 0 Å². The number of rotatable bonds is 3. The Balaban J connectivity index is 1.86. The van der Waals surface area contributed by atoms with Crippen LogP contribution in [-0.4, -0.2) is 9.97 Å². The van der Waals surface area contributed by atoms with E-state index in [1.54, 1.807) is 0 Å².